The number of methoxy groups -OCH3 is 1. The first kappa shape index (κ1) is 18.5. The van der Waals surface area contributed by atoms with Crippen molar-refractivity contribution in [3.8, 4) is 5.75 Å². The smallest absolute Gasteiger partial charge is 0.266 e. The van der Waals surface area contributed by atoms with E-state index < -0.39 is 0 Å². The molecule has 2 aromatic carbocycles. The molecule has 0 saturated carbocycles. The van der Waals surface area contributed by atoms with Crippen LogP contribution in [0.1, 0.15) is 34.5 Å². The normalized spacial score (nSPS) is 16.4. The van der Waals surface area contributed by atoms with Crippen LogP contribution in [0.15, 0.2) is 48.5 Å². The van der Waals surface area contributed by atoms with Gasteiger partial charge in [0.2, 0.25) is 5.91 Å². The molecule has 5 nitrogen and oxygen atoms in total. The molecule has 0 bridgehead atoms. The Hall–Kier alpha value is -2.86. The molecule has 28 heavy (non-hydrogen) atoms. The van der Waals surface area contributed by atoms with E-state index in [1.54, 1.807) is 14.0 Å². The first-order valence-electron chi connectivity index (χ1n) is 9.29. The lowest BCUT2D eigenvalue weighted by Gasteiger charge is -2.15. The van der Waals surface area contributed by atoms with Crippen LogP contribution in [0.4, 0.5) is 5.69 Å². The van der Waals surface area contributed by atoms with Crippen LogP contribution in [-0.2, 0) is 4.79 Å². The van der Waals surface area contributed by atoms with Crippen molar-refractivity contribution in [2.75, 3.05) is 25.5 Å². The molecule has 1 aliphatic rings. The number of carbonyl (C=O) groups is 2. The molecular weight excluding hydrogens is 372 g/mol. The number of hydrogen-bond acceptors (Lipinski definition) is 4. The zero-order valence-corrected chi connectivity index (χ0v) is 16.7. The van der Waals surface area contributed by atoms with Gasteiger partial charge in [0.25, 0.3) is 5.91 Å². The Labute approximate surface area is 167 Å². The van der Waals surface area contributed by atoms with Crippen molar-refractivity contribution in [2.24, 2.45) is 0 Å². The average Bonchev–Trinajstić information content (AvgIpc) is 3.33. The fourth-order valence-corrected chi connectivity index (χ4v) is 4.97. The minimum atomic E-state index is -0.109. The van der Waals surface area contributed by atoms with Crippen molar-refractivity contribution < 1.29 is 14.3 Å². The lowest BCUT2D eigenvalue weighted by atomic mass is 9.95. The molecular formula is C22H22N2O3S. The highest BCUT2D eigenvalue weighted by Gasteiger charge is 2.31. The third kappa shape index (κ3) is 3.47. The van der Waals surface area contributed by atoms with Gasteiger partial charge in [0, 0.05) is 36.3 Å². The number of amides is 2. The van der Waals surface area contributed by atoms with E-state index in [1.807, 2.05) is 47.4 Å². The summed E-state index contributed by atoms with van der Waals surface area (Å²) in [4.78, 5) is 27.5. The fourth-order valence-electron chi connectivity index (χ4n) is 3.78. The standard InChI is InChI=1S/C22H22N2O3S/c1-14(25)24-12-11-15(13-24)20-18-5-3-4-6-19(18)28-21(20)22(26)23-16-7-9-17(27-2)10-8-16/h3-10,15H,11-13H2,1-2H3,(H,23,26)/t15-/m1/s1. The number of ether oxygens (including phenoxy) is 1. The number of benzene rings is 2. The molecule has 6 heteroatoms. The lowest BCUT2D eigenvalue weighted by Crippen LogP contribution is -2.25. The molecule has 4 rings (SSSR count). The number of likely N-dealkylation sites (tertiary alicyclic amines) is 1. The topological polar surface area (TPSA) is 58.6 Å². The van der Waals surface area contributed by atoms with E-state index in [0.29, 0.717) is 6.54 Å². The Kier molecular flexibility index (Phi) is 5.05. The Morgan fingerprint density at radius 1 is 1.14 bits per heavy atom. The Bertz CT molecular complexity index is 1030. The van der Waals surface area contributed by atoms with Crippen LogP contribution in [-0.4, -0.2) is 36.9 Å². The summed E-state index contributed by atoms with van der Waals surface area (Å²) in [6.07, 6.45) is 0.878. The maximum atomic E-state index is 13.1. The molecule has 0 radical (unpaired) electrons. The first-order chi connectivity index (χ1) is 13.6. The number of nitrogens with one attached hydrogen (secondary N) is 1. The van der Waals surface area contributed by atoms with E-state index in [1.165, 1.54) is 11.3 Å². The Balaban J connectivity index is 1.68. The SMILES string of the molecule is COc1ccc(NC(=O)c2sc3ccccc3c2[C@@H]2CCN(C(C)=O)C2)cc1. The number of hydrogen-bond donors (Lipinski definition) is 1. The molecule has 2 heterocycles. The summed E-state index contributed by atoms with van der Waals surface area (Å²) < 4.78 is 6.27. The minimum Gasteiger partial charge on any atom is -0.497 e. The second-order valence-corrected chi connectivity index (χ2v) is 8.03. The second kappa shape index (κ2) is 7.64. The zero-order chi connectivity index (χ0) is 19.7. The summed E-state index contributed by atoms with van der Waals surface area (Å²) in [5, 5.41) is 4.12. The molecule has 1 fully saturated rings. The van der Waals surface area contributed by atoms with E-state index in [-0.39, 0.29) is 17.7 Å². The number of fused-ring (bicyclic) bond motifs is 1. The van der Waals surface area contributed by atoms with E-state index in [2.05, 4.69) is 11.4 Å². The Morgan fingerprint density at radius 3 is 2.57 bits per heavy atom. The van der Waals surface area contributed by atoms with E-state index >= 15 is 0 Å². The second-order valence-electron chi connectivity index (χ2n) is 6.97. The van der Waals surface area contributed by atoms with Crippen LogP contribution in [0, 0.1) is 0 Å². The van der Waals surface area contributed by atoms with E-state index in [0.717, 1.165) is 44.9 Å². The highest BCUT2D eigenvalue weighted by Crippen LogP contribution is 2.40. The third-order valence-corrected chi connectivity index (χ3v) is 6.42. The van der Waals surface area contributed by atoms with Gasteiger partial charge in [-0.05, 0) is 47.7 Å². The van der Waals surface area contributed by atoms with Crippen LogP contribution in [0.5, 0.6) is 5.75 Å². The van der Waals surface area contributed by atoms with Gasteiger partial charge in [-0.3, -0.25) is 9.59 Å². The van der Waals surface area contributed by atoms with Crippen LogP contribution < -0.4 is 10.1 Å². The molecule has 3 aromatic rings. The van der Waals surface area contributed by atoms with Crippen molar-refractivity contribution in [2.45, 2.75) is 19.3 Å². The van der Waals surface area contributed by atoms with Gasteiger partial charge in [0.05, 0.1) is 12.0 Å². The van der Waals surface area contributed by atoms with Gasteiger partial charge >= 0.3 is 0 Å². The quantitative estimate of drug-likeness (QED) is 0.709. The molecule has 0 spiro atoms. The van der Waals surface area contributed by atoms with Gasteiger partial charge in [-0.15, -0.1) is 11.3 Å². The molecule has 0 unspecified atom stereocenters. The zero-order valence-electron chi connectivity index (χ0n) is 15.9. The largest absolute Gasteiger partial charge is 0.497 e. The highest BCUT2D eigenvalue weighted by molar-refractivity contribution is 7.21. The number of anilines is 1. The van der Waals surface area contributed by atoms with Gasteiger partial charge in [-0.1, -0.05) is 18.2 Å². The van der Waals surface area contributed by atoms with Crippen LogP contribution in [0.25, 0.3) is 10.1 Å². The van der Waals surface area contributed by atoms with Crippen molar-refractivity contribution in [1.82, 2.24) is 4.90 Å². The summed E-state index contributed by atoms with van der Waals surface area (Å²) in [5.41, 5.74) is 1.79. The number of rotatable bonds is 4. The van der Waals surface area contributed by atoms with Crippen molar-refractivity contribution >= 4 is 38.9 Å². The van der Waals surface area contributed by atoms with Crippen LogP contribution in [0.2, 0.25) is 0 Å². The van der Waals surface area contributed by atoms with Gasteiger partial charge in [0.15, 0.2) is 0 Å². The molecule has 1 atom stereocenters. The van der Waals surface area contributed by atoms with Crippen LogP contribution in [0.3, 0.4) is 0 Å². The molecule has 0 aliphatic carbocycles. The number of nitrogens with zero attached hydrogens (tertiary/aromatic N) is 1. The maximum absolute atomic E-state index is 13.1. The Morgan fingerprint density at radius 2 is 1.89 bits per heavy atom. The van der Waals surface area contributed by atoms with Gasteiger partial charge in [-0.2, -0.15) is 0 Å². The predicted molar refractivity (Wildman–Crippen MR) is 112 cm³/mol. The van der Waals surface area contributed by atoms with E-state index in [9.17, 15) is 9.59 Å². The fraction of sp³-hybridized carbons (Fsp3) is 0.273. The van der Waals surface area contributed by atoms with Crippen molar-refractivity contribution in [1.29, 1.82) is 0 Å². The third-order valence-electron chi connectivity index (χ3n) is 5.23. The van der Waals surface area contributed by atoms with Crippen molar-refractivity contribution in [3.05, 3.63) is 59.0 Å². The molecule has 2 amide bonds. The molecule has 1 N–H and O–H groups in total. The monoisotopic (exact) mass is 394 g/mol. The summed E-state index contributed by atoms with van der Waals surface area (Å²) in [6, 6.07) is 15.4. The first-order valence-corrected chi connectivity index (χ1v) is 10.1. The van der Waals surface area contributed by atoms with Gasteiger partial charge in [0.1, 0.15) is 5.75 Å². The molecule has 1 aromatic heterocycles. The predicted octanol–water partition coefficient (Wildman–Crippen LogP) is 4.50. The summed E-state index contributed by atoms with van der Waals surface area (Å²) in [7, 11) is 1.61. The number of carbonyl (C=O) groups excluding carboxylic acids is 2. The summed E-state index contributed by atoms with van der Waals surface area (Å²) >= 11 is 1.52. The van der Waals surface area contributed by atoms with Gasteiger partial charge < -0.3 is 15.0 Å². The molecule has 1 saturated heterocycles. The van der Waals surface area contributed by atoms with E-state index in [4.69, 9.17) is 4.74 Å². The molecule has 144 valence electrons. The highest BCUT2D eigenvalue weighted by atomic mass is 32.1. The minimum absolute atomic E-state index is 0.0891. The average molecular weight is 394 g/mol. The van der Waals surface area contributed by atoms with Gasteiger partial charge in [-0.25, -0.2) is 0 Å². The summed E-state index contributed by atoms with van der Waals surface area (Å²) in [6.45, 7) is 3.01. The van der Waals surface area contributed by atoms with Crippen LogP contribution >= 0.6 is 11.3 Å². The van der Waals surface area contributed by atoms with Crippen molar-refractivity contribution in [3.63, 3.8) is 0 Å². The molecule has 1 aliphatic heterocycles. The lowest BCUT2D eigenvalue weighted by molar-refractivity contribution is -0.127. The maximum Gasteiger partial charge on any atom is 0.266 e. The summed E-state index contributed by atoms with van der Waals surface area (Å²) in [5.74, 6) is 0.904. The number of thiophene rings is 1.